The lowest BCUT2D eigenvalue weighted by Crippen LogP contribution is -2.20. The van der Waals surface area contributed by atoms with E-state index in [1.165, 1.54) is 0 Å². The zero-order valence-electron chi connectivity index (χ0n) is 8.77. The molecule has 4 nitrogen and oxygen atoms in total. The smallest absolute Gasteiger partial charge is 0.219 e. The molecule has 4 N–H and O–H groups in total. The third-order valence-electron chi connectivity index (χ3n) is 2.02. The topological polar surface area (TPSA) is 78.3 Å². The largest absolute Gasteiger partial charge is 0.494 e. The maximum Gasteiger partial charge on any atom is 0.219 e. The van der Waals surface area contributed by atoms with Gasteiger partial charge in [-0.25, -0.2) is 0 Å². The Morgan fingerprint density at radius 2 is 2.27 bits per heavy atom. The van der Waals surface area contributed by atoms with Crippen molar-refractivity contribution in [1.29, 1.82) is 0 Å². The fourth-order valence-electron chi connectivity index (χ4n) is 1.34. The van der Waals surface area contributed by atoms with E-state index in [-0.39, 0.29) is 12.5 Å². The molecule has 82 valence electrons. The molecule has 1 atom stereocenters. The van der Waals surface area contributed by atoms with Crippen LogP contribution in [-0.4, -0.2) is 12.5 Å². The highest BCUT2D eigenvalue weighted by Gasteiger charge is 2.09. The summed E-state index contributed by atoms with van der Waals surface area (Å²) in [4.78, 5) is 10.7. The average molecular weight is 208 g/mol. The van der Waals surface area contributed by atoms with Crippen molar-refractivity contribution in [3.8, 4) is 5.75 Å². The first-order valence-corrected chi connectivity index (χ1v) is 4.90. The monoisotopic (exact) mass is 208 g/mol. The standard InChI is InChI=1S/C11H16N2O2/c1-2-15-9-5-3-4-8(6-9)10(12)7-11(13)14/h3-6,10H,2,7,12H2,1H3,(H2,13,14)/t10-/m1/s1. The van der Waals surface area contributed by atoms with E-state index in [4.69, 9.17) is 16.2 Å². The van der Waals surface area contributed by atoms with Crippen LogP contribution in [0.1, 0.15) is 24.9 Å². The van der Waals surface area contributed by atoms with E-state index in [0.717, 1.165) is 11.3 Å². The minimum absolute atomic E-state index is 0.148. The summed E-state index contributed by atoms with van der Waals surface area (Å²) in [7, 11) is 0. The van der Waals surface area contributed by atoms with Crippen LogP contribution in [0.4, 0.5) is 0 Å². The van der Waals surface area contributed by atoms with Gasteiger partial charge >= 0.3 is 0 Å². The molecule has 0 aliphatic rings. The molecule has 15 heavy (non-hydrogen) atoms. The molecular formula is C11H16N2O2. The molecule has 0 aromatic heterocycles. The molecule has 0 saturated carbocycles. The number of carbonyl (C=O) groups is 1. The van der Waals surface area contributed by atoms with Crippen molar-refractivity contribution in [3.63, 3.8) is 0 Å². The molecular weight excluding hydrogens is 192 g/mol. The summed E-state index contributed by atoms with van der Waals surface area (Å²) in [5.74, 6) is 0.360. The summed E-state index contributed by atoms with van der Waals surface area (Å²) in [6.07, 6.45) is 0.148. The predicted octanol–water partition coefficient (Wildman–Crippen LogP) is 0.960. The van der Waals surface area contributed by atoms with Gasteiger partial charge in [0, 0.05) is 12.5 Å². The Labute approximate surface area is 89.2 Å². The molecule has 0 spiro atoms. The molecule has 1 amide bonds. The van der Waals surface area contributed by atoms with E-state index < -0.39 is 5.91 Å². The SMILES string of the molecule is CCOc1cccc([C@H](N)CC(N)=O)c1. The number of nitrogens with two attached hydrogens (primary N) is 2. The van der Waals surface area contributed by atoms with Crippen LogP contribution in [0.15, 0.2) is 24.3 Å². The van der Waals surface area contributed by atoms with Crippen LogP contribution in [0, 0.1) is 0 Å². The van der Waals surface area contributed by atoms with Crippen LogP contribution in [-0.2, 0) is 4.79 Å². The number of rotatable bonds is 5. The van der Waals surface area contributed by atoms with Gasteiger partial charge in [-0.3, -0.25) is 4.79 Å². The number of ether oxygens (including phenoxy) is 1. The summed E-state index contributed by atoms with van der Waals surface area (Å²) < 4.78 is 5.33. The van der Waals surface area contributed by atoms with Crippen LogP contribution in [0.5, 0.6) is 5.75 Å². The van der Waals surface area contributed by atoms with E-state index >= 15 is 0 Å². The fourth-order valence-corrected chi connectivity index (χ4v) is 1.34. The van der Waals surface area contributed by atoms with E-state index in [2.05, 4.69) is 0 Å². The van der Waals surface area contributed by atoms with Gasteiger partial charge in [-0.1, -0.05) is 12.1 Å². The summed E-state index contributed by atoms with van der Waals surface area (Å²) >= 11 is 0. The number of hydrogen-bond acceptors (Lipinski definition) is 3. The van der Waals surface area contributed by atoms with E-state index in [1.54, 1.807) is 0 Å². The second-order valence-electron chi connectivity index (χ2n) is 3.28. The van der Waals surface area contributed by atoms with Crippen LogP contribution in [0.3, 0.4) is 0 Å². The number of benzene rings is 1. The van der Waals surface area contributed by atoms with E-state index in [1.807, 2.05) is 31.2 Å². The Balaban J connectivity index is 2.75. The molecule has 0 bridgehead atoms. The summed E-state index contributed by atoms with van der Waals surface area (Å²) in [6.45, 7) is 2.52. The molecule has 4 heteroatoms. The zero-order valence-corrected chi connectivity index (χ0v) is 8.77. The molecule has 0 heterocycles. The van der Waals surface area contributed by atoms with Crippen molar-refractivity contribution < 1.29 is 9.53 Å². The number of hydrogen-bond donors (Lipinski definition) is 2. The van der Waals surface area contributed by atoms with E-state index in [9.17, 15) is 4.79 Å². The van der Waals surface area contributed by atoms with Crippen molar-refractivity contribution >= 4 is 5.91 Å². The first-order chi connectivity index (χ1) is 7.13. The fraction of sp³-hybridized carbons (Fsp3) is 0.364. The molecule has 0 saturated heterocycles. The van der Waals surface area contributed by atoms with Crippen molar-refractivity contribution in [2.24, 2.45) is 11.5 Å². The maximum atomic E-state index is 10.7. The average Bonchev–Trinajstić information content (AvgIpc) is 2.17. The first-order valence-electron chi connectivity index (χ1n) is 4.90. The van der Waals surface area contributed by atoms with Gasteiger partial charge in [-0.15, -0.1) is 0 Å². The molecule has 1 aromatic rings. The van der Waals surface area contributed by atoms with Crippen LogP contribution in [0.2, 0.25) is 0 Å². The predicted molar refractivity (Wildman–Crippen MR) is 58.4 cm³/mol. The molecule has 1 aromatic carbocycles. The Morgan fingerprint density at radius 3 is 2.87 bits per heavy atom. The lowest BCUT2D eigenvalue weighted by Gasteiger charge is -2.11. The third kappa shape index (κ3) is 3.59. The van der Waals surface area contributed by atoms with Gasteiger partial charge in [0.1, 0.15) is 5.75 Å². The molecule has 0 unspecified atom stereocenters. The van der Waals surface area contributed by atoms with Gasteiger partial charge in [0.15, 0.2) is 0 Å². The first kappa shape index (κ1) is 11.5. The van der Waals surface area contributed by atoms with Crippen LogP contribution >= 0.6 is 0 Å². The van der Waals surface area contributed by atoms with Gasteiger partial charge in [0.25, 0.3) is 0 Å². The number of carbonyl (C=O) groups excluding carboxylic acids is 1. The Morgan fingerprint density at radius 1 is 1.53 bits per heavy atom. The molecule has 0 aliphatic heterocycles. The van der Waals surface area contributed by atoms with Gasteiger partial charge in [0.2, 0.25) is 5.91 Å². The van der Waals surface area contributed by atoms with Gasteiger partial charge in [0.05, 0.1) is 6.61 Å². The minimum Gasteiger partial charge on any atom is -0.494 e. The summed E-state index contributed by atoms with van der Waals surface area (Å²) in [5.41, 5.74) is 11.7. The zero-order chi connectivity index (χ0) is 11.3. The highest BCUT2D eigenvalue weighted by molar-refractivity contribution is 5.74. The summed E-state index contributed by atoms with van der Waals surface area (Å²) in [6, 6.07) is 7.03. The highest BCUT2D eigenvalue weighted by atomic mass is 16.5. The molecule has 0 aliphatic carbocycles. The Kier molecular flexibility index (Phi) is 4.12. The Hall–Kier alpha value is -1.55. The molecule has 0 radical (unpaired) electrons. The normalized spacial score (nSPS) is 12.1. The molecule has 0 fully saturated rings. The number of amides is 1. The van der Waals surface area contributed by atoms with Gasteiger partial charge in [-0.05, 0) is 24.6 Å². The van der Waals surface area contributed by atoms with Crippen molar-refractivity contribution in [1.82, 2.24) is 0 Å². The Bertz CT molecular complexity index is 339. The van der Waals surface area contributed by atoms with Crippen molar-refractivity contribution in [3.05, 3.63) is 29.8 Å². The summed E-state index contributed by atoms with van der Waals surface area (Å²) in [5, 5.41) is 0. The highest BCUT2D eigenvalue weighted by Crippen LogP contribution is 2.19. The lowest BCUT2D eigenvalue weighted by atomic mass is 10.0. The van der Waals surface area contributed by atoms with Crippen molar-refractivity contribution in [2.45, 2.75) is 19.4 Å². The maximum absolute atomic E-state index is 10.7. The minimum atomic E-state index is -0.399. The molecule has 1 rings (SSSR count). The van der Waals surface area contributed by atoms with Crippen LogP contribution in [0.25, 0.3) is 0 Å². The van der Waals surface area contributed by atoms with Gasteiger partial charge < -0.3 is 16.2 Å². The second-order valence-corrected chi connectivity index (χ2v) is 3.28. The number of primary amides is 1. The van der Waals surface area contributed by atoms with Crippen molar-refractivity contribution in [2.75, 3.05) is 6.61 Å². The quantitative estimate of drug-likeness (QED) is 0.756. The van der Waals surface area contributed by atoms with Crippen LogP contribution < -0.4 is 16.2 Å². The van der Waals surface area contributed by atoms with Gasteiger partial charge in [-0.2, -0.15) is 0 Å². The lowest BCUT2D eigenvalue weighted by molar-refractivity contribution is -0.118. The second kappa shape index (κ2) is 5.36. The van der Waals surface area contributed by atoms with E-state index in [0.29, 0.717) is 6.61 Å². The third-order valence-corrected chi connectivity index (χ3v) is 2.02.